The molecular formula is C20H22O4. The molecule has 0 aliphatic carbocycles. The van der Waals surface area contributed by atoms with Crippen molar-refractivity contribution in [1.29, 1.82) is 0 Å². The number of hydrogen-bond donors (Lipinski definition) is 0. The van der Waals surface area contributed by atoms with E-state index in [1.807, 2.05) is 12.1 Å². The van der Waals surface area contributed by atoms with E-state index in [-0.39, 0.29) is 17.8 Å². The molecule has 0 bridgehead atoms. The third-order valence-corrected chi connectivity index (χ3v) is 3.73. The lowest BCUT2D eigenvalue weighted by Gasteiger charge is -2.18. The summed E-state index contributed by atoms with van der Waals surface area (Å²) in [5, 5.41) is 0. The molecule has 2 aromatic rings. The fourth-order valence-electron chi connectivity index (χ4n) is 2.27. The van der Waals surface area contributed by atoms with Gasteiger partial charge in [-0.3, -0.25) is 4.79 Å². The molecule has 4 heteroatoms. The molecule has 0 amide bonds. The van der Waals surface area contributed by atoms with Gasteiger partial charge in [0.15, 0.2) is 6.61 Å². The van der Waals surface area contributed by atoms with Crippen molar-refractivity contribution in [3.05, 3.63) is 65.2 Å². The minimum atomic E-state index is -0.515. The highest BCUT2D eigenvalue weighted by molar-refractivity contribution is 6.01. The van der Waals surface area contributed by atoms with E-state index in [1.165, 1.54) is 7.11 Å². The number of rotatable bonds is 5. The van der Waals surface area contributed by atoms with E-state index in [2.05, 4.69) is 20.8 Å². The molecule has 0 spiro atoms. The Morgan fingerprint density at radius 3 is 2.17 bits per heavy atom. The number of ether oxygens (including phenoxy) is 2. The molecule has 0 saturated heterocycles. The van der Waals surface area contributed by atoms with Crippen molar-refractivity contribution >= 4 is 11.8 Å². The molecule has 0 aromatic heterocycles. The zero-order valence-corrected chi connectivity index (χ0v) is 14.5. The van der Waals surface area contributed by atoms with Gasteiger partial charge in [0.1, 0.15) is 5.75 Å². The average molecular weight is 326 g/mol. The molecule has 0 heterocycles. The first-order valence-electron chi connectivity index (χ1n) is 7.77. The number of esters is 1. The fraction of sp³-hybridized carbons (Fsp3) is 0.300. The van der Waals surface area contributed by atoms with Crippen LogP contribution in [0.4, 0.5) is 0 Å². The van der Waals surface area contributed by atoms with E-state index in [0.29, 0.717) is 16.9 Å². The SMILES string of the molecule is COc1ccccc1C(=O)COC(=O)c1ccc(C(C)(C)C)cc1. The van der Waals surface area contributed by atoms with Crippen molar-refractivity contribution in [2.45, 2.75) is 26.2 Å². The Labute approximate surface area is 142 Å². The highest BCUT2D eigenvalue weighted by atomic mass is 16.5. The van der Waals surface area contributed by atoms with Crippen molar-refractivity contribution in [3.63, 3.8) is 0 Å². The Morgan fingerprint density at radius 1 is 0.958 bits per heavy atom. The molecule has 4 nitrogen and oxygen atoms in total. The summed E-state index contributed by atoms with van der Waals surface area (Å²) < 4.78 is 10.3. The number of para-hydroxylation sites is 1. The normalized spacial score (nSPS) is 11.0. The van der Waals surface area contributed by atoms with Gasteiger partial charge in [0.2, 0.25) is 5.78 Å². The fourth-order valence-corrected chi connectivity index (χ4v) is 2.27. The van der Waals surface area contributed by atoms with Crippen LogP contribution >= 0.6 is 0 Å². The lowest BCUT2D eigenvalue weighted by molar-refractivity contribution is 0.0474. The van der Waals surface area contributed by atoms with Crippen LogP contribution in [0.5, 0.6) is 5.75 Å². The van der Waals surface area contributed by atoms with Gasteiger partial charge in [-0.2, -0.15) is 0 Å². The van der Waals surface area contributed by atoms with Crippen molar-refractivity contribution < 1.29 is 19.1 Å². The number of carbonyl (C=O) groups is 2. The summed E-state index contributed by atoms with van der Waals surface area (Å²) >= 11 is 0. The Balaban J connectivity index is 2.01. The van der Waals surface area contributed by atoms with Gasteiger partial charge in [-0.15, -0.1) is 0 Å². The van der Waals surface area contributed by atoms with Gasteiger partial charge in [0, 0.05) is 0 Å². The van der Waals surface area contributed by atoms with Crippen LogP contribution < -0.4 is 4.74 Å². The van der Waals surface area contributed by atoms with Crippen LogP contribution in [0.1, 0.15) is 47.1 Å². The summed E-state index contributed by atoms with van der Waals surface area (Å²) in [5.41, 5.74) is 1.97. The topological polar surface area (TPSA) is 52.6 Å². The highest BCUT2D eigenvalue weighted by Crippen LogP contribution is 2.22. The molecule has 2 rings (SSSR count). The summed E-state index contributed by atoms with van der Waals surface area (Å²) in [5.74, 6) is -0.348. The molecule has 0 N–H and O–H groups in total. The summed E-state index contributed by atoms with van der Waals surface area (Å²) in [6.45, 7) is 5.99. The van der Waals surface area contributed by atoms with Gasteiger partial charge in [-0.25, -0.2) is 4.79 Å². The third-order valence-electron chi connectivity index (χ3n) is 3.73. The van der Waals surface area contributed by atoms with Crippen molar-refractivity contribution in [1.82, 2.24) is 0 Å². The van der Waals surface area contributed by atoms with Gasteiger partial charge >= 0.3 is 5.97 Å². The maximum absolute atomic E-state index is 12.2. The predicted octanol–water partition coefficient (Wildman–Crippen LogP) is 4.03. The molecule has 24 heavy (non-hydrogen) atoms. The van der Waals surface area contributed by atoms with Gasteiger partial charge in [-0.05, 0) is 35.2 Å². The van der Waals surface area contributed by atoms with E-state index in [4.69, 9.17) is 9.47 Å². The number of Topliss-reactive ketones (excluding diaryl/α,β-unsaturated/α-hetero) is 1. The van der Waals surface area contributed by atoms with Crippen LogP contribution in [0.3, 0.4) is 0 Å². The first-order valence-corrected chi connectivity index (χ1v) is 7.77. The minimum absolute atomic E-state index is 0.0161. The first-order chi connectivity index (χ1) is 11.3. The molecule has 0 aliphatic heterocycles. The number of benzene rings is 2. The van der Waals surface area contributed by atoms with E-state index < -0.39 is 5.97 Å². The van der Waals surface area contributed by atoms with Crippen LogP contribution in [0.2, 0.25) is 0 Å². The molecule has 0 saturated carbocycles. The van der Waals surface area contributed by atoms with Crippen LogP contribution in [-0.2, 0) is 10.2 Å². The molecule has 0 unspecified atom stereocenters. The number of methoxy groups -OCH3 is 1. The zero-order chi connectivity index (χ0) is 17.7. The van der Waals surface area contributed by atoms with Crippen LogP contribution in [0.25, 0.3) is 0 Å². The van der Waals surface area contributed by atoms with Gasteiger partial charge in [0.25, 0.3) is 0 Å². The van der Waals surface area contributed by atoms with Crippen molar-refractivity contribution in [3.8, 4) is 5.75 Å². The maximum Gasteiger partial charge on any atom is 0.338 e. The standard InChI is InChI=1S/C20H22O4/c1-20(2,3)15-11-9-14(10-12-15)19(22)24-13-17(21)16-7-5-6-8-18(16)23-4/h5-12H,13H2,1-4H3. The first kappa shape index (κ1) is 17.7. The van der Waals surface area contributed by atoms with E-state index in [0.717, 1.165) is 5.56 Å². The quantitative estimate of drug-likeness (QED) is 0.615. The highest BCUT2D eigenvalue weighted by Gasteiger charge is 2.17. The van der Waals surface area contributed by atoms with E-state index in [9.17, 15) is 9.59 Å². The molecule has 2 aromatic carbocycles. The number of ketones is 1. The van der Waals surface area contributed by atoms with Crippen LogP contribution in [0, 0.1) is 0 Å². The summed E-state index contributed by atoms with van der Waals surface area (Å²) in [6.07, 6.45) is 0. The maximum atomic E-state index is 12.2. The van der Waals surface area contributed by atoms with Gasteiger partial charge in [0.05, 0.1) is 18.2 Å². The Hall–Kier alpha value is -2.62. The van der Waals surface area contributed by atoms with Crippen molar-refractivity contribution in [2.75, 3.05) is 13.7 Å². The summed E-state index contributed by atoms with van der Waals surface area (Å²) in [6, 6.07) is 14.1. The second-order valence-electron chi connectivity index (χ2n) is 6.53. The molecule has 126 valence electrons. The largest absolute Gasteiger partial charge is 0.496 e. The third kappa shape index (κ3) is 4.22. The Bertz CT molecular complexity index is 724. The summed E-state index contributed by atoms with van der Waals surface area (Å²) in [4.78, 5) is 24.3. The second kappa shape index (κ2) is 7.30. The van der Waals surface area contributed by atoms with Gasteiger partial charge < -0.3 is 9.47 Å². The number of hydrogen-bond acceptors (Lipinski definition) is 4. The monoisotopic (exact) mass is 326 g/mol. The van der Waals surface area contributed by atoms with E-state index >= 15 is 0 Å². The van der Waals surface area contributed by atoms with E-state index in [1.54, 1.807) is 36.4 Å². The Morgan fingerprint density at radius 2 is 1.58 bits per heavy atom. The molecule has 0 aliphatic rings. The number of carbonyl (C=O) groups excluding carboxylic acids is 2. The molecule has 0 atom stereocenters. The van der Waals surface area contributed by atoms with Crippen LogP contribution in [-0.4, -0.2) is 25.5 Å². The average Bonchev–Trinajstić information content (AvgIpc) is 2.58. The second-order valence-corrected chi connectivity index (χ2v) is 6.53. The predicted molar refractivity (Wildman–Crippen MR) is 92.7 cm³/mol. The lowest BCUT2D eigenvalue weighted by atomic mass is 9.87. The molecule has 0 radical (unpaired) electrons. The smallest absolute Gasteiger partial charge is 0.338 e. The Kier molecular flexibility index (Phi) is 5.39. The minimum Gasteiger partial charge on any atom is -0.496 e. The summed E-state index contributed by atoms with van der Waals surface area (Å²) in [7, 11) is 1.49. The van der Waals surface area contributed by atoms with Crippen molar-refractivity contribution in [2.24, 2.45) is 0 Å². The molecule has 0 fully saturated rings. The van der Waals surface area contributed by atoms with Gasteiger partial charge in [-0.1, -0.05) is 45.0 Å². The lowest BCUT2D eigenvalue weighted by Crippen LogP contribution is -2.15. The van der Waals surface area contributed by atoms with Crippen LogP contribution in [0.15, 0.2) is 48.5 Å². The zero-order valence-electron chi connectivity index (χ0n) is 14.5. The molecular weight excluding hydrogens is 304 g/mol.